The molecule has 0 amide bonds. The predicted octanol–water partition coefficient (Wildman–Crippen LogP) is 4.13. The zero-order valence-corrected chi connectivity index (χ0v) is 14.0. The molecule has 0 atom stereocenters. The van der Waals surface area contributed by atoms with Gasteiger partial charge in [0.25, 0.3) is 0 Å². The van der Waals surface area contributed by atoms with Gasteiger partial charge in [0.05, 0.1) is 10.0 Å². The number of halogens is 2. The van der Waals surface area contributed by atoms with Gasteiger partial charge in [-0.05, 0) is 34.4 Å². The van der Waals surface area contributed by atoms with Crippen molar-refractivity contribution >= 4 is 51.8 Å². The highest BCUT2D eigenvalue weighted by atomic mass is 35.5. The summed E-state index contributed by atoms with van der Waals surface area (Å²) in [7, 11) is 0. The van der Waals surface area contributed by atoms with E-state index in [2.05, 4.69) is 49.4 Å². The molecule has 0 aliphatic carbocycles. The van der Waals surface area contributed by atoms with Crippen molar-refractivity contribution in [1.82, 2.24) is 20.3 Å². The third-order valence-corrected chi connectivity index (χ3v) is 3.71. The lowest BCUT2D eigenvalue weighted by Crippen LogP contribution is -2.12. The van der Waals surface area contributed by atoms with E-state index >= 15 is 0 Å². The van der Waals surface area contributed by atoms with Gasteiger partial charge in [-0.3, -0.25) is 0 Å². The van der Waals surface area contributed by atoms with Crippen LogP contribution in [0.25, 0.3) is 11.3 Å². The molecule has 120 valence electrons. The van der Waals surface area contributed by atoms with Crippen molar-refractivity contribution in [2.24, 2.45) is 5.92 Å². The highest BCUT2D eigenvalue weighted by molar-refractivity contribution is 6.42. The largest absolute Gasteiger partial charge is 0.367 e. The minimum Gasteiger partial charge on any atom is -0.367 e. The third-order valence-electron chi connectivity index (χ3n) is 2.97. The van der Waals surface area contributed by atoms with Crippen LogP contribution < -0.4 is 10.6 Å². The maximum Gasteiger partial charge on any atom is 0.245 e. The number of fused-ring (bicyclic) bond motifs is 1. The Hall–Kier alpha value is -2.12. The van der Waals surface area contributed by atoms with Gasteiger partial charge in [0.1, 0.15) is 0 Å². The van der Waals surface area contributed by atoms with Crippen LogP contribution in [0.3, 0.4) is 0 Å². The van der Waals surface area contributed by atoms with Gasteiger partial charge >= 0.3 is 0 Å². The molecule has 9 heteroatoms. The Morgan fingerprint density at radius 1 is 1.04 bits per heavy atom. The van der Waals surface area contributed by atoms with Crippen LogP contribution in [-0.2, 0) is 0 Å². The molecule has 0 saturated carbocycles. The lowest BCUT2D eigenvalue weighted by Gasteiger charge is -2.13. The van der Waals surface area contributed by atoms with Crippen molar-refractivity contribution in [3.05, 3.63) is 28.2 Å². The molecule has 2 aromatic heterocycles. The average molecular weight is 353 g/mol. The summed E-state index contributed by atoms with van der Waals surface area (Å²) in [4.78, 5) is 8.76. The molecule has 3 rings (SSSR count). The van der Waals surface area contributed by atoms with Crippen LogP contribution in [-0.4, -0.2) is 26.8 Å². The highest BCUT2D eigenvalue weighted by Gasteiger charge is 2.13. The molecule has 2 N–H and O–H groups in total. The second-order valence-electron chi connectivity index (χ2n) is 5.36. The zero-order valence-electron chi connectivity index (χ0n) is 12.5. The van der Waals surface area contributed by atoms with Crippen molar-refractivity contribution in [3.63, 3.8) is 0 Å². The normalized spacial score (nSPS) is 11.2. The molecule has 0 fully saturated rings. The van der Waals surface area contributed by atoms with E-state index in [4.69, 9.17) is 23.2 Å². The molecule has 1 aromatic carbocycles. The first-order valence-corrected chi connectivity index (χ1v) is 7.75. The minimum absolute atomic E-state index is 0.322. The topological polar surface area (TPSA) is 88.8 Å². The molecular formula is C14H14Cl2N6O. The maximum absolute atomic E-state index is 6.04. The molecule has 0 saturated heterocycles. The maximum atomic E-state index is 6.04. The van der Waals surface area contributed by atoms with E-state index in [1.807, 2.05) is 0 Å². The average Bonchev–Trinajstić information content (AvgIpc) is 2.95. The second-order valence-corrected chi connectivity index (χ2v) is 6.18. The lowest BCUT2D eigenvalue weighted by atomic mass is 10.2. The summed E-state index contributed by atoms with van der Waals surface area (Å²) >= 11 is 12.0. The summed E-state index contributed by atoms with van der Waals surface area (Å²) in [5, 5.41) is 14.8. The number of aromatic nitrogens is 4. The van der Waals surface area contributed by atoms with Gasteiger partial charge in [-0.15, -0.1) is 0 Å². The van der Waals surface area contributed by atoms with E-state index in [1.54, 1.807) is 18.2 Å². The van der Waals surface area contributed by atoms with Crippen LogP contribution in [0.2, 0.25) is 10.0 Å². The van der Waals surface area contributed by atoms with Crippen LogP contribution >= 0.6 is 23.2 Å². The van der Waals surface area contributed by atoms with E-state index in [0.29, 0.717) is 38.9 Å². The Bertz CT molecular complexity index is 835. The first-order valence-electron chi connectivity index (χ1n) is 6.99. The highest BCUT2D eigenvalue weighted by Crippen LogP contribution is 2.29. The summed E-state index contributed by atoms with van der Waals surface area (Å²) in [5.41, 5.74) is 1.40. The van der Waals surface area contributed by atoms with Gasteiger partial charge in [0.2, 0.25) is 11.3 Å². The molecule has 0 spiro atoms. The van der Waals surface area contributed by atoms with Crippen molar-refractivity contribution in [1.29, 1.82) is 0 Å². The fourth-order valence-corrected chi connectivity index (χ4v) is 2.16. The summed E-state index contributed by atoms with van der Waals surface area (Å²) in [6.07, 6.45) is 0. The van der Waals surface area contributed by atoms with Crippen LogP contribution in [0.15, 0.2) is 22.8 Å². The smallest absolute Gasteiger partial charge is 0.245 e. The van der Waals surface area contributed by atoms with E-state index < -0.39 is 0 Å². The number of benzene rings is 1. The molecule has 7 nitrogen and oxygen atoms in total. The summed E-state index contributed by atoms with van der Waals surface area (Å²) in [6.45, 7) is 4.94. The SMILES string of the molecule is CC(C)CNc1nc2nonc2nc1Nc1ccc(Cl)c(Cl)c1. The summed E-state index contributed by atoms with van der Waals surface area (Å²) < 4.78 is 4.67. The number of nitrogens with zero attached hydrogens (tertiary/aromatic N) is 4. The number of hydrogen-bond donors (Lipinski definition) is 2. The van der Waals surface area contributed by atoms with Gasteiger partial charge in [-0.25, -0.2) is 14.6 Å². The fourth-order valence-electron chi connectivity index (χ4n) is 1.86. The number of rotatable bonds is 5. The van der Waals surface area contributed by atoms with Gasteiger partial charge in [0, 0.05) is 12.2 Å². The molecule has 0 aliphatic heterocycles. The molecule has 3 aromatic rings. The number of anilines is 3. The van der Waals surface area contributed by atoms with E-state index in [9.17, 15) is 0 Å². The molecule has 2 heterocycles. The molecule has 0 radical (unpaired) electrons. The van der Waals surface area contributed by atoms with Gasteiger partial charge in [0.15, 0.2) is 11.6 Å². The first kappa shape index (κ1) is 15.8. The van der Waals surface area contributed by atoms with Gasteiger partial charge in [-0.2, -0.15) is 0 Å². The molecule has 0 aliphatic rings. The second kappa shape index (κ2) is 6.55. The van der Waals surface area contributed by atoms with E-state index in [0.717, 1.165) is 12.2 Å². The minimum atomic E-state index is 0.322. The molecule has 23 heavy (non-hydrogen) atoms. The summed E-state index contributed by atoms with van der Waals surface area (Å²) in [6, 6.07) is 5.22. The standard InChI is InChI=1S/C14H14Cl2N6O/c1-7(2)6-17-11-12(20-14-13(19-11)21-23-22-14)18-8-3-4-9(15)10(16)5-8/h3-5,7H,6H2,1-2H3,(H,17,19,21)(H,18,20,22). The van der Waals surface area contributed by atoms with Crippen LogP contribution in [0.1, 0.15) is 13.8 Å². The Labute approximate surface area is 142 Å². The van der Waals surface area contributed by atoms with E-state index in [-0.39, 0.29) is 0 Å². The van der Waals surface area contributed by atoms with E-state index in [1.165, 1.54) is 0 Å². The van der Waals surface area contributed by atoms with Crippen molar-refractivity contribution in [3.8, 4) is 0 Å². The van der Waals surface area contributed by atoms with Crippen LogP contribution in [0.5, 0.6) is 0 Å². The quantitative estimate of drug-likeness (QED) is 0.713. The Kier molecular flexibility index (Phi) is 4.49. The Morgan fingerprint density at radius 2 is 1.74 bits per heavy atom. The van der Waals surface area contributed by atoms with Crippen LogP contribution in [0.4, 0.5) is 17.3 Å². The van der Waals surface area contributed by atoms with Crippen molar-refractivity contribution in [2.45, 2.75) is 13.8 Å². The summed E-state index contributed by atoms with van der Waals surface area (Å²) in [5.74, 6) is 1.51. The molecular weight excluding hydrogens is 339 g/mol. The monoisotopic (exact) mass is 352 g/mol. The predicted molar refractivity (Wildman–Crippen MR) is 90.5 cm³/mol. The Morgan fingerprint density at radius 3 is 2.39 bits per heavy atom. The van der Waals surface area contributed by atoms with Gasteiger partial charge in [-0.1, -0.05) is 37.0 Å². The van der Waals surface area contributed by atoms with Gasteiger partial charge < -0.3 is 10.6 Å². The van der Waals surface area contributed by atoms with Crippen molar-refractivity contribution < 1.29 is 4.63 Å². The third kappa shape index (κ3) is 3.62. The first-order chi connectivity index (χ1) is 11.0. The van der Waals surface area contributed by atoms with Crippen molar-refractivity contribution in [2.75, 3.05) is 17.2 Å². The number of hydrogen-bond acceptors (Lipinski definition) is 7. The fraction of sp³-hybridized carbons (Fsp3) is 0.286. The molecule has 0 bridgehead atoms. The Balaban J connectivity index is 1.95. The zero-order chi connectivity index (χ0) is 16.4. The lowest BCUT2D eigenvalue weighted by molar-refractivity contribution is 0.314. The molecule has 0 unspecified atom stereocenters. The number of nitrogens with one attached hydrogen (secondary N) is 2. The van der Waals surface area contributed by atoms with Crippen LogP contribution in [0, 0.1) is 5.92 Å².